The Bertz CT molecular complexity index is 258. The lowest BCUT2D eigenvalue weighted by Crippen LogP contribution is -1.92. The van der Waals surface area contributed by atoms with Crippen LogP contribution in [0.5, 0.6) is 0 Å². The Morgan fingerprint density at radius 3 is 3.00 bits per heavy atom. The third-order valence-electron chi connectivity index (χ3n) is 1.17. The van der Waals surface area contributed by atoms with Gasteiger partial charge in [-0.05, 0) is 11.6 Å². The van der Waals surface area contributed by atoms with Gasteiger partial charge in [-0.25, -0.2) is 4.39 Å². The molecule has 0 spiro atoms. The maximum absolute atomic E-state index is 12.5. The molecule has 1 aromatic heterocycles. The van der Waals surface area contributed by atoms with Crippen LogP contribution in [0, 0.1) is 5.82 Å². The monoisotopic (exact) mass is 152 g/mol. The Morgan fingerprint density at radius 2 is 2.36 bits per heavy atom. The third kappa shape index (κ3) is 2.47. The fourth-order valence-electron chi connectivity index (χ4n) is 0.724. The van der Waals surface area contributed by atoms with Crippen LogP contribution in [-0.4, -0.2) is 11.5 Å². The number of aromatic nitrogens is 1. The highest BCUT2D eigenvalue weighted by molar-refractivity contribution is 5.47. The summed E-state index contributed by atoms with van der Waals surface area (Å²) in [6.45, 7) is 0.455. The number of hydrogen-bond acceptors (Lipinski definition) is 2. The zero-order chi connectivity index (χ0) is 8.10. The van der Waals surface area contributed by atoms with Crippen molar-refractivity contribution in [1.29, 1.82) is 0 Å². The highest BCUT2D eigenvalue weighted by atomic mass is 19.1. The number of hydrogen-bond donors (Lipinski definition) is 1. The Kier molecular flexibility index (Phi) is 2.74. The van der Waals surface area contributed by atoms with Gasteiger partial charge in [0.15, 0.2) is 0 Å². The lowest BCUT2D eigenvalue weighted by atomic mass is 10.2. The van der Waals surface area contributed by atoms with E-state index in [2.05, 4.69) is 4.98 Å². The van der Waals surface area contributed by atoms with Gasteiger partial charge >= 0.3 is 0 Å². The molecule has 0 aromatic carbocycles. The molecule has 0 saturated heterocycles. The summed E-state index contributed by atoms with van der Waals surface area (Å²) < 4.78 is 12.5. The zero-order valence-electron chi connectivity index (χ0n) is 6.00. The number of nitrogens with two attached hydrogens (primary N) is 1. The minimum Gasteiger partial charge on any atom is -0.327 e. The molecule has 0 saturated carbocycles. The van der Waals surface area contributed by atoms with Crippen LogP contribution in [0.3, 0.4) is 0 Å². The summed E-state index contributed by atoms with van der Waals surface area (Å²) >= 11 is 0. The average Bonchev–Trinajstić information content (AvgIpc) is 2.01. The number of pyridine rings is 1. The van der Waals surface area contributed by atoms with Crippen molar-refractivity contribution in [3.8, 4) is 0 Å². The van der Waals surface area contributed by atoms with Crippen LogP contribution in [0.4, 0.5) is 4.39 Å². The van der Waals surface area contributed by atoms with Crippen LogP contribution in [0.25, 0.3) is 6.08 Å². The summed E-state index contributed by atoms with van der Waals surface area (Å²) in [6, 6.07) is 1.40. The highest BCUT2D eigenvalue weighted by Crippen LogP contribution is 2.01. The van der Waals surface area contributed by atoms with Crippen LogP contribution in [0.15, 0.2) is 24.5 Å². The topological polar surface area (TPSA) is 38.9 Å². The van der Waals surface area contributed by atoms with E-state index in [9.17, 15) is 4.39 Å². The fourth-order valence-corrected chi connectivity index (χ4v) is 0.724. The van der Waals surface area contributed by atoms with Crippen LogP contribution < -0.4 is 5.73 Å². The Labute approximate surface area is 64.6 Å². The van der Waals surface area contributed by atoms with Gasteiger partial charge in [0.1, 0.15) is 5.82 Å². The smallest absolute Gasteiger partial charge is 0.142 e. The first kappa shape index (κ1) is 7.88. The molecule has 0 aliphatic carbocycles. The zero-order valence-corrected chi connectivity index (χ0v) is 6.00. The van der Waals surface area contributed by atoms with E-state index < -0.39 is 0 Å². The molecule has 0 radical (unpaired) electrons. The van der Waals surface area contributed by atoms with E-state index in [1.807, 2.05) is 0 Å². The van der Waals surface area contributed by atoms with E-state index in [0.717, 1.165) is 5.56 Å². The molecule has 0 aliphatic rings. The second-order valence-electron chi connectivity index (χ2n) is 2.07. The largest absolute Gasteiger partial charge is 0.327 e. The van der Waals surface area contributed by atoms with Crippen LogP contribution in [0.2, 0.25) is 0 Å². The molecule has 0 unspecified atom stereocenters. The molecule has 58 valence electrons. The molecule has 11 heavy (non-hydrogen) atoms. The quantitative estimate of drug-likeness (QED) is 0.691. The first-order valence-corrected chi connectivity index (χ1v) is 3.30. The van der Waals surface area contributed by atoms with E-state index >= 15 is 0 Å². The molecule has 1 heterocycles. The molecule has 0 atom stereocenters. The van der Waals surface area contributed by atoms with Crippen molar-refractivity contribution in [2.75, 3.05) is 6.54 Å². The number of rotatable bonds is 2. The predicted octanol–water partition coefficient (Wildman–Crippen LogP) is 1.19. The van der Waals surface area contributed by atoms with Gasteiger partial charge in [-0.1, -0.05) is 12.2 Å². The van der Waals surface area contributed by atoms with Crippen molar-refractivity contribution < 1.29 is 4.39 Å². The number of halogens is 1. The Morgan fingerprint density at radius 1 is 1.55 bits per heavy atom. The molecule has 2 N–H and O–H groups in total. The second-order valence-corrected chi connectivity index (χ2v) is 2.07. The van der Waals surface area contributed by atoms with Crippen molar-refractivity contribution in [2.45, 2.75) is 0 Å². The summed E-state index contributed by atoms with van der Waals surface area (Å²) in [6.07, 6.45) is 6.22. The maximum atomic E-state index is 12.5. The third-order valence-corrected chi connectivity index (χ3v) is 1.17. The molecular formula is C8H9FN2. The maximum Gasteiger partial charge on any atom is 0.142 e. The van der Waals surface area contributed by atoms with E-state index in [4.69, 9.17) is 5.73 Å². The molecule has 1 rings (SSSR count). The standard InChI is InChI=1S/C8H9FN2/c9-8-4-7(2-1-3-10)5-11-6-8/h1-2,4-6H,3,10H2/b2-1+. The molecule has 2 nitrogen and oxygen atoms in total. The van der Waals surface area contributed by atoms with Crippen molar-refractivity contribution in [2.24, 2.45) is 5.73 Å². The summed E-state index contributed by atoms with van der Waals surface area (Å²) in [4.78, 5) is 3.67. The summed E-state index contributed by atoms with van der Waals surface area (Å²) in [5.74, 6) is -0.329. The number of nitrogens with zero attached hydrogens (tertiary/aromatic N) is 1. The molecule has 3 heteroatoms. The normalized spacial score (nSPS) is 10.7. The van der Waals surface area contributed by atoms with Crippen LogP contribution in [-0.2, 0) is 0 Å². The van der Waals surface area contributed by atoms with Crippen molar-refractivity contribution in [1.82, 2.24) is 4.98 Å². The summed E-state index contributed by atoms with van der Waals surface area (Å²) in [7, 11) is 0. The fraction of sp³-hybridized carbons (Fsp3) is 0.125. The Hall–Kier alpha value is -1.22. The van der Waals surface area contributed by atoms with Crippen LogP contribution >= 0.6 is 0 Å². The van der Waals surface area contributed by atoms with Crippen molar-refractivity contribution >= 4 is 6.08 Å². The van der Waals surface area contributed by atoms with Gasteiger partial charge in [-0.3, -0.25) is 4.98 Å². The molecule has 0 bridgehead atoms. The SMILES string of the molecule is NC/C=C/c1cncc(F)c1. The van der Waals surface area contributed by atoms with Gasteiger partial charge in [0, 0.05) is 12.7 Å². The predicted molar refractivity (Wildman–Crippen MR) is 42.3 cm³/mol. The molecule has 0 fully saturated rings. The first-order valence-electron chi connectivity index (χ1n) is 3.30. The summed E-state index contributed by atoms with van der Waals surface area (Å²) in [5.41, 5.74) is 5.95. The molecule has 0 aliphatic heterocycles. The lowest BCUT2D eigenvalue weighted by molar-refractivity contribution is 0.621. The first-order chi connectivity index (χ1) is 5.33. The average molecular weight is 152 g/mol. The van der Waals surface area contributed by atoms with Gasteiger partial charge in [-0.15, -0.1) is 0 Å². The minimum absolute atomic E-state index is 0.329. The van der Waals surface area contributed by atoms with Crippen molar-refractivity contribution in [3.05, 3.63) is 35.9 Å². The lowest BCUT2D eigenvalue weighted by Gasteiger charge is -1.90. The summed E-state index contributed by atoms with van der Waals surface area (Å²) in [5, 5.41) is 0. The second kappa shape index (κ2) is 3.83. The van der Waals surface area contributed by atoms with Crippen LogP contribution in [0.1, 0.15) is 5.56 Å². The minimum atomic E-state index is -0.329. The van der Waals surface area contributed by atoms with E-state index in [0.29, 0.717) is 6.54 Å². The van der Waals surface area contributed by atoms with Gasteiger partial charge in [-0.2, -0.15) is 0 Å². The van der Waals surface area contributed by atoms with E-state index in [1.165, 1.54) is 12.3 Å². The van der Waals surface area contributed by atoms with Gasteiger partial charge < -0.3 is 5.73 Å². The van der Waals surface area contributed by atoms with E-state index in [1.54, 1.807) is 18.3 Å². The Balaban J connectivity index is 2.79. The molecular weight excluding hydrogens is 143 g/mol. The van der Waals surface area contributed by atoms with Gasteiger partial charge in [0.25, 0.3) is 0 Å². The highest BCUT2D eigenvalue weighted by Gasteiger charge is 1.89. The van der Waals surface area contributed by atoms with Crippen molar-refractivity contribution in [3.63, 3.8) is 0 Å². The van der Waals surface area contributed by atoms with Gasteiger partial charge in [0.2, 0.25) is 0 Å². The molecule has 0 amide bonds. The van der Waals surface area contributed by atoms with E-state index in [-0.39, 0.29) is 5.82 Å². The van der Waals surface area contributed by atoms with Gasteiger partial charge in [0.05, 0.1) is 6.20 Å². The molecule has 1 aromatic rings.